The van der Waals surface area contributed by atoms with Crippen LogP contribution in [0.3, 0.4) is 0 Å². The molecule has 1 unspecified atom stereocenters. The molecule has 1 heterocycles. The number of pyridine rings is 1. The Hall–Kier alpha value is -1.16. The van der Waals surface area contributed by atoms with Crippen molar-refractivity contribution >= 4 is 23.0 Å². The van der Waals surface area contributed by atoms with Gasteiger partial charge in [0.2, 0.25) is 0 Å². The first-order valence-corrected chi connectivity index (χ1v) is 5.10. The smallest absolute Gasteiger partial charge is 0.170 e. The van der Waals surface area contributed by atoms with Crippen LogP contribution in [0.25, 0.3) is 0 Å². The van der Waals surface area contributed by atoms with E-state index in [9.17, 15) is 0 Å². The van der Waals surface area contributed by atoms with Gasteiger partial charge in [0.05, 0.1) is 0 Å². The van der Waals surface area contributed by atoms with Gasteiger partial charge in [0.15, 0.2) is 5.11 Å². The van der Waals surface area contributed by atoms with Crippen molar-refractivity contribution < 1.29 is 0 Å². The van der Waals surface area contributed by atoms with Crippen molar-refractivity contribution in [2.24, 2.45) is 0 Å². The number of hydrogen-bond donors (Lipinski definition) is 2. The van der Waals surface area contributed by atoms with E-state index < -0.39 is 0 Å². The highest BCUT2D eigenvalue weighted by Crippen LogP contribution is 2.02. The average molecular weight is 209 g/mol. The number of hydrogen-bond acceptors (Lipinski definition) is 2. The number of rotatable bonds is 3. The minimum atomic E-state index is 0.400. The molecule has 4 heteroatoms. The zero-order valence-electron chi connectivity index (χ0n) is 8.45. The van der Waals surface area contributed by atoms with Crippen LogP contribution in [-0.2, 0) is 0 Å². The fourth-order valence-electron chi connectivity index (χ4n) is 0.928. The van der Waals surface area contributed by atoms with Crippen molar-refractivity contribution in [3.63, 3.8) is 0 Å². The number of nitrogens with one attached hydrogen (secondary N) is 2. The van der Waals surface area contributed by atoms with E-state index in [1.165, 1.54) is 0 Å². The Morgan fingerprint density at radius 1 is 1.50 bits per heavy atom. The second-order valence-corrected chi connectivity index (χ2v) is 3.55. The van der Waals surface area contributed by atoms with Gasteiger partial charge in [0, 0.05) is 24.1 Å². The van der Waals surface area contributed by atoms with Crippen LogP contribution in [0.15, 0.2) is 24.5 Å². The molecule has 1 atom stereocenters. The lowest BCUT2D eigenvalue weighted by Crippen LogP contribution is -2.35. The maximum absolute atomic E-state index is 5.14. The number of anilines is 1. The van der Waals surface area contributed by atoms with Crippen LogP contribution < -0.4 is 10.6 Å². The highest BCUT2D eigenvalue weighted by molar-refractivity contribution is 7.80. The zero-order valence-corrected chi connectivity index (χ0v) is 9.27. The van der Waals surface area contributed by atoms with E-state index in [1.807, 2.05) is 12.1 Å². The Bertz CT molecular complexity index is 287. The Kier molecular flexibility index (Phi) is 4.32. The molecule has 3 nitrogen and oxygen atoms in total. The van der Waals surface area contributed by atoms with Crippen molar-refractivity contribution in [1.82, 2.24) is 10.3 Å². The van der Waals surface area contributed by atoms with Crippen LogP contribution in [0.5, 0.6) is 0 Å². The van der Waals surface area contributed by atoms with Crippen LogP contribution >= 0.6 is 12.2 Å². The lowest BCUT2D eigenvalue weighted by molar-refractivity contribution is 0.646. The molecule has 2 N–H and O–H groups in total. The quantitative estimate of drug-likeness (QED) is 0.748. The van der Waals surface area contributed by atoms with E-state index in [-0.39, 0.29) is 0 Å². The largest absolute Gasteiger partial charge is 0.360 e. The Balaban J connectivity index is 2.42. The minimum absolute atomic E-state index is 0.400. The fourth-order valence-corrected chi connectivity index (χ4v) is 1.25. The van der Waals surface area contributed by atoms with Crippen molar-refractivity contribution in [2.45, 2.75) is 26.3 Å². The molecule has 14 heavy (non-hydrogen) atoms. The molecule has 0 aliphatic rings. The number of thiocarbonyl (C=S) groups is 1. The van der Waals surface area contributed by atoms with Gasteiger partial charge in [-0.3, -0.25) is 4.98 Å². The molecule has 1 aromatic rings. The Labute approximate surface area is 89.9 Å². The molecule has 0 spiro atoms. The first-order valence-electron chi connectivity index (χ1n) is 4.70. The lowest BCUT2D eigenvalue weighted by atomic mass is 10.3. The van der Waals surface area contributed by atoms with Gasteiger partial charge in [-0.25, -0.2) is 0 Å². The van der Waals surface area contributed by atoms with Crippen LogP contribution in [0.2, 0.25) is 0 Å². The van der Waals surface area contributed by atoms with Gasteiger partial charge in [-0.1, -0.05) is 6.92 Å². The standard InChI is InChI=1S/C10H15N3S/c1-3-8(2)12-10(14)13-9-4-6-11-7-5-9/h4-8H,3H2,1-2H3,(H2,11,12,13,14). The molecular formula is C10H15N3S. The van der Waals surface area contributed by atoms with Crippen LogP contribution in [-0.4, -0.2) is 16.1 Å². The van der Waals surface area contributed by atoms with Gasteiger partial charge in [0.25, 0.3) is 0 Å². The molecule has 0 bridgehead atoms. The number of nitrogens with zero attached hydrogens (tertiary/aromatic N) is 1. The van der Waals surface area contributed by atoms with Crippen LogP contribution in [0, 0.1) is 0 Å². The van der Waals surface area contributed by atoms with E-state index in [4.69, 9.17) is 12.2 Å². The SMILES string of the molecule is CCC(C)NC(=S)Nc1ccncc1. The summed E-state index contributed by atoms with van der Waals surface area (Å²) in [5.74, 6) is 0. The fraction of sp³-hybridized carbons (Fsp3) is 0.400. The third-order valence-corrected chi connectivity index (χ3v) is 2.15. The molecule has 0 aliphatic carbocycles. The van der Waals surface area contributed by atoms with E-state index in [1.54, 1.807) is 12.4 Å². The maximum atomic E-state index is 5.14. The molecule has 0 saturated heterocycles. The first kappa shape index (κ1) is 10.9. The van der Waals surface area contributed by atoms with Crippen molar-refractivity contribution in [1.29, 1.82) is 0 Å². The summed E-state index contributed by atoms with van der Waals surface area (Å²) in [6.45, 7) is 4.22. The van der Waals surface area contributed by atoms with Gasteiger partial charge in [0.1, 0.15) is 0 Å². The van der Waals surface area contributed by atoms with E-state index in [0.717, 1.165) is 12.1 Å². The molecule has 76 valence electrons. The third-order valence-electron chi connectivity index (χ3n) is 1.93. The molecule has 0 aliphatic heterocycles. The van der Waals surface area contributed by atoms with Crippen molar-refractivity contribution in [3.05, 3.63) is 24.5 Å². The van der Waals surface area contributed by atoms with Gasteiger partial charge >= 0.3 is 0 Å². The second kappa shape index (κ2) is 5.54. The summed E-state index contributed by atoms with van der Waals surface area (Å²) < 4.78 is 0. The molecule has 0 aromatic carbocycles. The normalized spacial score (nSPS) is 11.9. The Morgan fingerprint density at radius 2 is 2.14 bits per heavy atom. The Morgan fingerprint density at radius 3 is 2.71 bits per heavy atom. The average Bonchev–Trinajstić information content (AvgIpc) is 2.19. The first-order chi connectivity index (χ1) is 6.72. The van der Waals surface area contributed by atoms with E-state index >= 15 is 0 Å². The van der Waals surface area contributed by atoms with E-state index in [0.29, 0.717) is 11.2 Å². The summed E-state index contributed by atoms with van der Waals surface area (Å²) >= 11 is 5.14. The topological polar surface area (TPSA) is 37.0 Å². The summed E-state index contributed by atoms with van der Waals surface area (Å²) in [4.78, 5) is 3.93. The molecule has 1 rings (SSSR count). The summed E-state index contributed by atoms with van der Waals surface area (Å²) in [5.41, 5.74) is 0.959. The summed E-state index contributed by atoms with van der Waals surface area (Å²) in [7, 11) is 0. The van der Waals surface area contributed by atoms with Crippen molar-refractivity contribution in [3.8, 4) is 0 Å². The molecule has 0 amide bonds. The van der Waals surface area contributed by atoms with E-state index in [2.05, 4.69) is 29.5 Å². The molecule has 0 fully saturated rings. The minimum Gasteiger partial charge on any atom is -0.360 e. The highest BCUT2D eigenvalue weighted by atomic mass is 32.1. The van der Waals surface area contributed by atoms with Gasteiger partial charge < -0.3 is 10.6 Å². The summed E-state index contributed by atoms with van der Waals surface area (Å²) in [6, 6.07) is 4.16. The lowest BCUT2D eigenvalue weighted by Gasteiger charge is -2.14. The monoisotopic (exact) mass is 209 g/mol. The predicted molar refractivity (Wildman–Crippen MR) is 63.3 cm³/mol. The van der Waals surface area contributed by atoms with Crippen LogP contribution in [0.1, 0.15) is 20.3 Å². The number of aromatic nitrogens is 1. The summed E-state index contributed by atoms with van der Waals surface area (Å²) in [5, 5.41) is 6.92. The maximum Gasteiger partial charge on any atom is 0.170 e. The van der Waals surface area contributed by atoms with Crippen molar-refractivity contribution in [2.75, 3.05) is 5.32 Å². The van der Waals surface area contributed by atoms with Crippen LogP contribution in [0.4, 0.5) is 5.69 Å². The predicted octanol–water partition coefficient (Wildman–Crippen LogP) is 2.17. The molecule has 1 aromatic heterocycles. The van der Waals surface area contributed by atoms with Gasteiger partial charge in [-0.15, -0.1) is 0 Å². The molecule has 0 radical (unpaired) electrons. The highest BCUT2D eigenvalue weighted by Gasteiger charge is 2.00. The van der Waals surface area contributed by atoms with Gasteiger partial charge in [-0.2, -0.15) is 0 Å². The second-order valence-electron chi connectivity index (χ2n) is 3.14. The molecule has 0 saturated carbocycles. The third kappa shape index (κ3) is 3.70. The zero-order chi connectivity index (χ0) is 10.4. The molecular weight excluding hydrogens is 194 g/mol. The van der Waals surface area contributed by atoms with Gasteiger partial charge in [-0.05, 0) is 37.7 Å². The summed E-state index contributed by atoms with van der Waals surface area (Å²) in [6.07, 6.45) is 4.51.